The van der Waals surface area contributed by atoms with Gasteiger partial charge in [-0.1, -0.05) is 0 Å². The van der Waals surface area contributed by atoms with E-state index in [1.807, 2.05) is 0 Å². The number of carbonyl (C=O) groups excluding carboxylic acids is 2. The van der Waals surface area contributed by atoms with Crippen LogP contribution in [0.25, 0.3) is 0 Å². The minimum atomic E-state index is -0.549. The summed E-state index contributed by atoms with van der Waals surface area (Å²) in [5.41, 5.74) is -0.549. The normalized spacial score (nSPS) is 11.1. The van der Waals surface area contributed by atoms with Crippen LogP contribution in [0.5, 0.6) is 0 Å². The van der Waals surface area contributed by atoms with Crippen LogP contribution in [0.4, 0.5) is 0 Å². The van der Waals surface area contributed by atoms with Gasteiger partial charge in [0.15, 0.2) is 5.78 Å². The van der Waals surface area contributed by atoms with Gasteiger partial charge in [0, 0.05) is 12.3 Å². The van der Waals surface area contributed by atoms with E-state index in [2.05, 4.69) is 0 Å². The molecule has 0 atom stereocenters. The predicted octanol–water partition coefficient (Wildman–Crippen LogP) is 2.16. The second-order valence-corrected chi connectivity index (χ2v) is 4.54. The highest BCUT2D eigenvalue weighted by Gasteiger charge is 2.23. The van der Waals surface area contributed by atoms with Crippen LogP contribution in [0.3, 0.4) is 0 Å². The molecule has 0 aromatic heterocycles. The summed E-state index contributed by atoms with van der Waals surface area (Å²) in [7, 11) is 0. The number of esters is 1. The molecule has 0 aromatic carbocycles. The maximum absolute atomic E-state index is 11.2. The van der Waals surface area contributed by atoms with Crippen LogP contribution in [0.2, 0.25) is 0 Å². The number of rotatable bonds is 5. The molecule has 0 radical (unpaired) electrons. The first-order chi connectivity index (χ1) is 6.38. The van der Waals surface area contributed by atoms with Gasteiger partial charge in [0.2, 0.25) is 0 Å². The molecule has 0 rings (SSSR count). The first-order valence-electron chi connectivity index (χ1n) is 4.63. The lowest BCUT2D eigenvalue weighted by Gasteiger charge is -2.15. The van der Waals surface area contributed by atoms with Gasteiger partial charge in [0.25, 0.3) is 0 Å². The van der Waals surface area contributed by atoms with E-state index in [0.717, 1.165) is 0 Å². The molecule has 4 heteroatoms. The van der Waals surface area contributed by atoms with Crippen LogP contribution >= 0.6 is 11.6 Å². The van der Waals surface area contributed by atoms with Crippen LogP contribution in [0.1, 0.15) is 33.6 Å². The molecule has 0 amide bonds. The molecule has 0 aliphatic carbocycles. The standard InChI is InChI=1S/C10H17ClO3/c1-10(2,3)9(13)14-7-8(12)5-4-6-11/h4-7H2,1-3H3. The highest BCUT2D eigenvalue weighted by atomic mass is 35.5. The Labute approximate surface area is 89.8 Å². The first kappa shape index (κ1) is 13.4. The first-order valence-corrected chi connectivity index (χ1v) is 5.16. The molecule has 0 saturated carbocycles. The van der Waals surface area contributed by atoms with E-state index in [4.69, 9.17) is 16.3 Å². The van der Waals surface area contributed by atoms with Crippen LogP contribution in [0.15, 0.2) is 0 Å². The highest BCUT2D eigenvalue weighted by molar-refractivity contribution is 6.17. The molecule has 0 fully saturated rings. The molecule has 0 unspecified atom stereocenters. The molecule has 0 spiro atoms. The molecular weight excluding hydrogens is 204 g/mol. The maximum atomic E-state index is 11.2. The second kappa shape index (κ2) is 6.02. The van der Waals surface area contributed by atoms with E-state index in [0.29, 0.717) is 18.7 Å². The summed E-state index contributed by atoms with van der Waals surface area (Å²) in [5.74, 6) is 0.0267. The number of halogens is 1. The third-order valence-electron chi connectivity index (χ3n) is 1.57. The van der Waals surface area contributed by atoms with Crippen LogP contribution in [-0.2, 0) is 14.3 Å². The Kier molecular flexibility index (Phi) is 5.77. The van der Waals surface area contributed by atoms with Crippen molar-refractivity contribution in [1.29, 1.82) is 0 Å². The minimum Gasteiger partial charge on any atom is -0.457 e. The molecule has 0 aromatic rings. The molecule has 82 valence electrons. The predicted molar refractivity (Wildman–Crippen MR) is 55.4 cm³/mol. The van der Waals surface area contributed by atoms with Gasteiger partial charge in [-0.25, -0.2) is 0 Å². The summed E-state index contributed by atoms with van der Waals surface area (Å²) in [6.07, 6.45) is 1.01. The average molecular weight is 221 g/mol. The van der Waals surface area contributed by atoms with E-state index < -0.39 is 5.41 Å². The largest absolute Gasteiger partial charge is 0.457 e. The van der Waals surface area contributed by atoms with E-state index in [1.165, 1.54) is 0 Å². The van der Waals surface area contributed by atoms with Crippen molar-refractivity contribution < 1.29 is 14.3 Å². The fraction of sp³-hybridized carbons (Fsp3) is 0.800. The average Bonchev–Trinajstić information content (AvgIpc) is 2.09. The van der Waals surface area contributed by atoms with E-state index in [9.17, 15) is 9.59 Å². The molecule has 0 aliphatic heterocycles. The smallest absolute Gasteiger partial charge is 0.311 e. The van der Waals surface area contributed by atoms with Crippen molar-refractivity contribution in [1.82, 2.24) is 0 Å². The van der Waals surface area contributed by atoms with Crippen molar-refractivity contribution >= 4 is 23.4 Å². The van der Waals surface area contributed by atoms with Crippen molar-refractivity contribution in [2.24, 2.45) is 5.41 Å². The zero-order valence-electron chi connectivity index (χ0n) is 8.93. The Morgan fingerprint density at radius 2 is 1.86 bits per heavy atom. The summed E-state index contributed by atoms with van der Waals surface area (Å²) in [4.78, 5) is 22.3. The summed E-state index contributed by atoms with van der Waals surface area (Å²) in [6, 6.07) is 0. The lowest BCUT2D eigenvalue weighted by Crippen LogP contribution is -2.25. The Hall–Kier alpha value is -0.570. The van der Waals surface area contributed by atoms with Gasteiger partial charge in [-0.15, -0.1) is 11.6 Å². The zero-order valence-corrected chi connectivity index (χ0v) is 9.69. The number of ketones is 1. The van der Waals surface area contributed by atoms with Crippen molar-refractivity contribution in [2.45, 2.75) is 33.6 Å². The lowest BCUT2D eigenvalue weighted by molar-refractivity contribution is -0.156. The quantitative estimate of drug-likeness (QED) is 0.527. The van der Waals surface area contributed by atoms with Gasteiger partial charge < -0.3 is 4.74 Å². The molecule has 0 N–H and O–H groups in total. The summed E-state index contributed by atoms with van der Waals surface area (Å²) in [5, 5.41) is 0. The molecule has 0 bridgehead atoms. The number of hydrogen-bond donors (Lipinski definition) is 0. The number of Topliss-reactive ketones (excluding diaryl/α,β-unsaturated/α-hetero) is 1. The maximum Gasteiger partial charge on any atom is 0.311 e. The Morgan fingerprint density at radius 3 is 2.29 bits per heavy atom. The van der Waals surface area contributed by atoms with Gasteiger partial charge >= 0.3 is 5.97 Å². The summed E-state index contributed by atoms with van der Waals surface area (Å²) >= 11 is 5.42. The Morgan fingerprint density at radius 1 is 1.29 bits per heavy atom. The van der Waals surface area contributed by atoms with Crippen molar-refractivity contribution in [3.05, 3.63) is 0 Å². The number of alkyl halides is 1. The lowest BCUT2D eigenvalue weighted by atomic mass is 9.97. The van der Waals surface area contributed by atoms with Gasteiger partial charge in [-0.3, -0.25) is 9.59 Å². The zero-order chi connectivity index (χ0) is 11.2. The summed E-state index contributed by atoms with van der Waals surface area (Å²) in [6.45, 7) is 5.11. The third kappa shape index (κ3) is 5.97. The molecule has 14 heavy (non-hydrogen) atoms. The minimum absolute atomic E-state index is 0.0803. The summed E-state index contributed by atoms with van der Waals surface area (Å²) < 4.78 is 4.83. The Bertz CT molecular complexity index is 206. The van der Waals surface area contributed by atoms with Gasteiger partial charge in [0.1, 0.15) is 6.61 Å². The second-order valence-electron chi connectivity index (χ2n) is 4.16. The van der Waals surface area contributed by atoms with Gasteiger partial charge in [-0.2, -0.15) is 0 Å². The number of hydrogen-bond acceptors (Lipinski definition) is 3. The fourth-order valence-electron chi connectivity index (χ4n) is 0.699. The van der Waals surface area contributed by atoms with E-state index in [1.54, 1.807) is 20.8 Å². The molecule has 0 saturated heterocycles. The van der Waals surface area contributed by atoms with Crippen LogP contribution in [0, 0.1) is 5.41 Å². The van der Waals surface area contributed by atoms with Crippen LogP contribution in [-0.4, -0.2) is 24.2 Å². The van der Waals surface area contributed by atoms with Crippen LogP contribution < -0.4 is 0 Å². The van der Waals surface area contributed by atoms with Crippen molar-refractivity contribution in [3.8, 4) is 0 Å². The fourth-order valence-corrected chi connectivity index (χ4v) is 0.832. The molecular formula is C10H17ClO3. The highest BCUT2D eigenvalue weighted by Crippen LogP contribution is 2.14. The number of ether oxygens (including phenoxy) is 1. The van der Waals surface area contributed by atoms with Crippen molar-refractivity contribution in [2.75, 3.05) is 12.5 Å². The third-order valence-corrected chi connectivity index (χ3v) is 1.83. The molecule has 0 heterocycles. The SMILES string of the molecule is CC(C)(C)C(=O)OCC(=O)CCCCl. The van der Waals surface area contributed by atoms with E-state index in [-0.39, 0.29) is 18.4 Å². The van der Waals surface area contributed by atoms with E-state index >= 15 is 0 Å². The molecule has 3 nitrogen and oxygen atoms in total. The van der Waals surface area contributed by atoms with Gasteiger partial charge in [0.05, 0.1) is 5.41 Å². The topological polar surface area (TPSA) is 43.4 Å². The Balaban J connectivity index is 3.73. The molecule has 0 aliphatic rings. The van der Waals surface area contributed by atoms with Gasteiger partial charge in [-0.05, 0) is 27.2 Å². The van der Waals surface area contributed by atoms with Crippen molar-refractivity contribution in [3.63, 3.8) is 0 Å². The number of carbonyl (C=O) groups is 2. The monoisotopic (exact) mass is 220 g/mol.